The Morgan fingerprint density at radius 2 is 1.26 bits per heavy atom. The average molecular weight is 1470 g/mol. The fourth-order valence-electron chi connectivity index (χ4n) is 13.9. The predicted molar refractivity (Wildman–Crippen MR) is 382 cm³/mol. The molecule has 1 spiro atoms. The number of ether oxygens (including phenoxy) is 3. The third-order valence-electron chi connectivity index (χ3n) is 19.8. The number of hydrogen-bond acceptors (Lipinski definition) is 11. The lowest BCUT2D eigenvalue weighted by atomic mass is 9.72. The van der Waals surface area contributed by atoms with Gasteiger partial charge in [0.2, 0.25) is 11.8 Å². The molecule has 101 heavy (non-hydrogen) atoms. The number of benzene rings is 6. The summed E-state index contributed by atoms with van der Waals surface area (Å²) in [6, 6.07) is 39.4. The van der Waals surface area contributed by atoms with Crippen LogP contribution in [-0.2, 0) is 53.6 Å². The molecule has 0 bridgehead atoms. The van der Waals surface area contributed by atoms with Gasteiger partial charge in [-0.2, -0.15) is 26.3 Å². The van der Waals surface area contributed by atoms with Crippen molar-refractivity contribution in [2.75, 3.05) is 124 Å². The maximum Gasteiger partial charge on any atom is 0.416 e. The Labute approximate surface area is 604 Å². The van der Waals surface area contributed by atoms with E-state index in [-0.39, 0.29) is 106 Å². The second kappa shape index (κ2) is 36.6. The number of alkyl halides is 6. The highest BCUT2D eigenvalue weighted by Gasteiger charge is 2.50. The molecule has 10 rings (SSSR count). The van der Waals surface area contributed by atoms with Gasteiger partial charge in [0.15, 0.2) is 0 Å². The SMILES string of the molecule is CN(CCN1CCC(OC(=O)Nc2ccccc2-c2ccccc2)CC1)C(=O)CCCCCNc1ccc(C(=O)N(C)CCCN(C)C(=O)CO[C@H]2Cc3ccccc3C23CCN(CC[C@@]2(c4ccc(F)cc4)CN(C(=O)c4cc(C(F)(F)F)cc(C(F)(F)F)c4)CCO2)CC3)cc1.Cl.Cl.Cl. The van der Waals surface area contributed by atoms with Crippen LogP contribution in [0.1, 0.15) is 113 Å². The molecule has 1 aliphatic carbocycles. The molecule has 6 aromatic carbocycles. The van der Waals surface area contributed by atoms with Crippen molar-refractivity contribution in [1.82, 2.24) is 29.4 Å². The van der Waals surface area contributed by atoms with Crippen LogP contribution in [0.15, 0.2) is 146 Å². The van der Waals surface area contributed by atoms with Crippen molar-refractivity contribution in [3.63, 3.8) is 0 Å². The number of nitrogens with zero attached hydrogens (tertiary/aromatic N) is 6. The van der Waals surface area contributed by atoms with E-state index >= 15 is 0 Å². The fraction of sp³-hybridized carbons (Fsp3) is 0.453. The second-order valence-corrected chi connectivity index (χ2v) is 26.3. The van der Waals surface area contributed by atoms with Crippen molar-refractivity contribution < 1.29 is 68.9 Å². The van der Waals surface area contributed by atoms with Gasteiger partial charge in [0.05, 0.1) is 36.1 Å². The zero-order chi connectivity index (χ0) is 69.6. The topological polar surface area (TPSA) is 157 Å². The Bertz CT molecular complexity index is 3670. The number of fused-ring (bicyclic) bond motifs is 2. The zero-order valence-corrected chi connectivity index (χ0v) is 59.5. The molecule has 3 fully saturated rings. The number of carbonyl (C=O) groups is 5. The summed E-state index contributed by atoms with van der Waals surface area (Å²) < 4.78 is 116. The standard InChI is InChI=1S/C75H87F7N8O8.3ClH/c1-85(36-14-37-87(3)69(93)54-22-28-61(29-23-54)83-35-13-5-8-21-67(91)86(2)43-44-88-38-30-62(31-39-88)98-71(95)84-65-20-12-10-18-63(65)53-15-6-4-7-16-53)68(92)51-96-66-49-55-17-9-11-19-64(55)72(66)32-40-89(41-33-72)42-34-73(57-24-26-60(76)27-25-57)52-90(45-46-97-73)70(94)56-47-58(74(77,78)79)50-59(48-56)75(80,81)82;;;/h4,6-7,9-12,15-20,22-29,47-48,50,62,66,83H,5,8,13-14,21,30-46,49,51-52H2,1-3H3,(H,84,95);3*1H/t66-,73-;;;/m0.../s1. The first-order valence-corrected chi connectivity index (χ1v) is 33.8. The molecule has 2 N–H and O–H groups in total. The molecule has 26 heteroatoms. The summed E-state index contributed by atoms with van der Waals surface area (Å²) in [4.78, 5) is 77.7. The molecule has 2 atom stereocenters. The van der Waals surface area contributed by atoms with E-state index in [1.165, 1.54) is 29.2 Å². The van der Waals surface area contributed by atoms with Gasteiger partial charge in [-0.3, -0.25) is 24.5 Å². The smallest absolute Gasteiger partial charge is 0.416 e. The van der Waals surface area contributed by atoms with Crippen LogP contribution < -0.4 is 10.6 Å². The normalized spacial score (nSPS) is 17.7. The number of morpholine rings is 1. The second-order valence-electron chi connectivity index (χ2n) is 26.3. The highest BCUT2D eigenvalue weighted by molar-refractivity contribution is 5.95. The first-order chi connectivity index (χ1) is 47.0. The van der Waals surface area contributed by atoms with Gasteiger partial charge in [0.25, 0.3) is 11.8 Å². The maximum atomic E-state index is 14.3. The minimum atomic E-state index is -5.14. The van der Waals surface area contributed by atoms with Crippen LogP contribution in [0.4, 0.5) is 46.9 Å². The summed E-state index contributed by atoms with van der Waals surface area (Å²) in [5.41, 5.74) is 1.23. The number of likely N-dealkylation sites (tertiary alicyclic amines) is 2. The van der Waals surface area contributed by atoms with Gasteiger partial charge in [-0.25, -0.2) is 9.18 Å². The van der Waals surface area contributed by atoms with E-state index in [4.69, 9.17) is 14.2 Å². The number of unbranched alkanes of at least 4 members (excludes halogenated alkanes) is 2. The average Bonchev–Trinajstić information content (AvgIpc) is 1.62. The molecule has 3 heterocycles. The number of halogens is 10. The van der Waals surface area contributed by atoms with Crippen molar-refractivity contribution in [3.05, 3.63) is 190 Å². The third kappa shape index (κ3) is 21.1. The van der Waals surface area contributed by atoms with Crippen LogP contribution in [0.2, 0.25) is 0 Å². The molecule has 16 nitrogen and oxygen atoms in total. The van der Waals surface area contributed by atoms with Crippen LogP contribution in [0.3, 0.4) is 0 Å². The van der Waals surface area contributed by atoms with Gasteiger partial charge in [-0.1, -0.05) is 91.3 Å². The van der Waals surface area contributed by atoms with Gasteiger partial charge < -0.3 is 48.9 Å². The highest BCUT2D eigenvalue weighted by atomic mass is 35.5. The van der Waals surface area contributed by atoms with Crippen LogP contribution in [0, 0.1) is 5.82 Å². The fourth-order valence-corrected chi connectivity index (χ4v) is 13.9. The van der Waals surface area contributed by atoms with Gasteiger partial charge in [-0.15, -0.1) is 37.2 Å². The lowest BCUT2D eigenvalue weighted by Gasteiger charge is -2.46. The monoisotopic (exact) mass is 1470 g/mol. The molecule has 6 aromatic rings. The van der Waals surface area contributed by atoms with E-state index < -0.39 is 57.9 Å². The van der Waals surface area contributed by atoms with Gasteiger partial charge >= 0.3 is 18.4 Å². The Balaban J connectivity index is 0.00000477. The number of likely N-dealkylation sites (N-methyl/N-ethyl adjacent to an activating group) is 2. The van der Waals surface area contributed by atoms with Crippen LogP contribution in [-0.4, -0.2) is 184 Å². The largest absolute Gasteiger partial charge is 0.446 e. The van der Waals surface area contributed by atoms with Crippen molar-refractivity contribution in [3.8, 4) is 11.1 Å². The summed E-state index contributed by atoms with van der Waals surface area (Å²) >= 11 is 0. The lowest BCUT2D eigenvalue weighted by Crippen LogP contribution is -2.54. The number of amides is 5. The molecular weight excluding hydrogens is 1380 g/mol. The van der Waals surface area contributed by atoms with Gasteiger partial charge in [-0.05, 0) is 154 Å². The van der Waals surface area contributed by atoms with E-state index in [1.807, 2.05) is 85.9 Å². The van der Waals surface area contributed by atoms with E-state index in [0.717, 1.165) is 79.7 Å². The Hall–Kier alpha value is -7.51. The minimum absolute atomic E-state index is 0. The van der Waals surface area contributed by atoms with Crippen LogP contribution in [0.25, 0.3) is 11.1 Å². The minimum Gasteiger partial charge on any atom is -0.446 e. The molecule has 0 aromatic heterocycles. The van der Waals surface area contributed by atoms with Gasteiger partial charge in [0.1, 0.15) is 24.1 Å². The number of nitrogens with one attached hydrogen (secondary N) is 2. The molecule has 3 saturated heterocycles. The molecular formula is C75H90Cl3F7N8O8. The summed E-state index contributed by atoms with van der Waals surface area (Å²) in [5.74, 6) is -1.77. The van der Waals surface area contributed by atoms with Crippen LogP contribution in [0.5, 0.6) is 0 Å². The molecule has 4 aliphatic rings. The number of piperidine rings is 2. The van der Waals surface area contributed by atoms with Crippen LogP contribution >= 0.6 is 37.2 Å². The first-order valence-electron chi connectivity index (χ1n) is 33.8. The highest BCUT2D eigenvalue weighted by Crippen LogP contribution is 2.48. The summed E-state index contributed by atoms with van der Waals surface area (Å²) in [6.07, 6.45) is -4.02. The van der Waals surface area contributed by atoms with E-state index in [1.54, 1.807) is 40.9 Å². The lowest BCUT2D eigenvalue weighted by molar-refractivity contribution is -0.143. The molecule has 548 valence electrons. The van der Waals surface area contributed by atoms with E-state index in [9.17, 15) is 54.7 Å². The molecule has 0 unspecified atom stereocenters. The quantitative estimate of drug-likeness (QED) is 0.0394. The third-order valence-corrected chi connectivity index (χ3v) is 19.8. The van der Waals surface area contributed by atoms with Crippen molar-refractivity contribution in [2.24, 2.45) is 0 Å². The van der Waals surface area contributed by atoms with Crippen molar-refractivity contribution >= 4 is 78.3 Å². The summed E-state index contributed by atoms with van der Waals surface area (Å²) in [6.45, 7) is 5.57. The van der Waals surface area contributed by atoms with E-state index in [2.05, 4.69) is 32.6 Å². The molecule has 0 radical (unpaired) electrons. The number of rotatable bonds is 26. The summed E-state index contributed by atoms with van der Waals surface area (Å²) in [7, 11) is 5.31. The van der Waals surface area contributed by atoms with Crippen molar-refractivity contribution in [1.29, 1.82) is 0 Å². The summed E-state index contributed by atoms with van der Waals surface area (Å²) in [5, 5.41) is 6.35. The predicted octanol–water partition coefficient (Wildman–Crippen LogP) is 14.3. The Morgan fingerprint density at radius 1 is 0.634 bits per heavy atom. The molecule has 5 amide bonds. The Kier molecular flexibility index (Phi) is 29.3. The number of para-hydroxylation sites is 1. The number of hydrogen-bond donors (Lipinski definition) is 2. The van der Waals surface area contributed by atoms with Crippen molar-refractivity contribution in [2.45, 2.75) is 106 Å². The zero-order valence-electron chi connectivity index (χ0n) is 57.0. The Morgan fingerprint density at radius 3 is 1.94 bits per heavy atom. The number of anilines is 2. The number of carbonyl (C=O) groups excluding carboxylic acids is 5. The van der Waals surface area contributed by atoms with Gasteiger partial charge in [0, 0.05) is 114 Å². The molecule has 0 saturated carbocycles. The van der Waals surface area contributed by atoms with E-state index in [0.29, 0.717) is 107 Å². The molecule has 3 aliphatic heterocycles. The first kappa shape index (κ1) is 80.8. The maximum absolute atomic E-state index is 14.3.